The largest absolute Gasteiger partial charge is 0.489 e. The zero-order valence-electron chi connectivity index (χ0n) is 40.5. The fraction of sp³-hybridized carbons (Fsp3) is 0.481. The monoisotopic (exact) mass is 975 g/mol. The average Bonchev–Trinajstić information content (AvgIpc) is 4.09. The van der Waals surface area contributed by atoms with Crippen LogP contribution in [0.25, 0.3) is 10.4 Å². The number of nitrogens with one attached hydrogen (secondary N) is 2. The van der Waals surface area contributed by atoms with Gasteiger partial charge in [-0.1, -0.05) is 82.6 Å². The number of ether oxygens (including phenoxy) is 1. The van der Waals surface area contributed by atoms with Crippen molar-refractivity contribution in [3.63, 3.8) is 0 Å². The molecule has 69 heavy (non-hydrogen) atoms. The van der Waals surface area contributed by atoms with Gasteiger partial charge in [-0.2, -0.15) is 5.26 Å². The Hall–Kier alpha value is -5.86. The van der Waals surface area contributed by atoms with Gasteiger partial charge < -0.3 is 34.8 Å². The van der Waals surface area contributed by atoms with Gasteiger partial charge in [0, 0.05) is 87.3 Å². The lowest BCUT2D eigenvalue weighted by Gasteiger charge is -2.63. The lowest BCUT2D eigenvalue weighted by molar-refractivity contribution is -0.164. The van der Waals surface area contributed by atoms with E-state index < -0.39 is 18.1 Å². The number of carbonyl (C=O) groups is 3. The van der Waals surface area contributed by atoms with Gasteiger partial charge in [-0.15, -0.1) is 11.3 Å². The third-order valence-corrected chi connectivity index (χ3v) is 15.6. The summed E-state index contributed by atoms with van der Waals surface area (Å²) in [6, 6.07) is 19.4. The lowest BCUT2D eigenvalue weighted by Crippen LogP contribution is -2.74. The van der Waals surface area contributed by atoms with Crippen LogP contribution in [-0.4, -0.2) is 111 Å². The van der Waals surface area contributed by atoms with Gasteiger partial charge in [-0.05, 0) is 55.2 Å². The molecular formula is C52H62ClN9O6S. The Bertz CT molecular complexity index is 2670. The molecule has 0 radical (unpaired) electrons. The Morgan fingerprint density at radius 1 is 1.00 bits per heavy atom. The number of aromatic nitrogens is 3. The summed E-state index contributed by atoms with van der Waals surface area (Å²) in [4.78, 5) is 57.8. The molecule has 8 rings (SSSR count). The number of anilines is 1. The molecule has 2 saturated heterocycles. The molecule has 364 valence electrons. The van der Waals surface area contributed by atoms with Crippen LogP contribution in [0.2, 0.25) is 5.02 Å². The first-order valence-electron chi connectivity index (χ1n) is 23.7. The Morgan fingerprint density at radius 2 is 1.72 bits per heavy atom. The van der Waals surface area contributed by atoms with E-state index in [0.717, 1.165) is 65.9 Å². The Labute approximate surface area is 413 Å². The number of amides is 3. The number of hydrogen-bond acceptors (Lipinski definition) is 13. The van der Waals surface area contributed by atoms with Gasteiger partial charge in [0.2, 0.25) is 11.8 Å². The molecule has 17 heteroatoms. The predicted molar refractivity (Wildman–Crippen MR) is 265 cm³/mol. The number of nitriles is 1. The van der Waals surface area contributed by atoms with Gasteiger partial charge in [-0.3, -0.25) is 19.3 Å². The number of β-amino-alcohol motifs (C(OH)–C–C–N with tert-alkyl or cyclic N) is 1. The van der Waals surface area contributed by atoms with Gasteiger partial charge in [-0.25, -0.2) is 9.97 Å². The predicted octanol–water partition coefficient (Wildman–Crippen LogP) is 7.58. The fourth-order valence-electron chi connectivity index (χ4n) is 10.7. The molecule has 0 bridgehead atoms. The van der Waals surface area contributed by atoms with Gasteiger partial charge in [0.15, 0.2) is 0 Å². The first-order valence-corrected chi connectivity index (χ1v) is 25.0. The van der Waals surface area contributed by atoms with Gasteiger partial charge in [0.25, 0.3) is 5.91 Å². The number of aliphatic hydroxyl groups excluding tert-OH is 1. The second kappa shape index (κ2) is 20.2. The molecule has 3 fully saturated rings. The SMILES string of the molecule is Cc1ncsc1-c1ccc([C@H](C)NC(=O)[C@@H]2C[C@@H](O)CN2C(=O)C(c2cc(CCN3CCN(c4ccc(C(=O)NC5C(C)(C)C(Oc6ccc(C#N)c(Cl)c6)C5(C)C)cn4)CC3)no2)C(C)C)cc1. The van der Waals surface area contributed by atoms with Crippen molar-refractivity contribution in [1.82, 2.24) is 35.6 Å². The Morgan fingerprint density at radius 3 is 2.35 bits per heavy atom. The number of halogens is 1. The normalized spacial score (nSPS) is 21.8. The Balaban J connectivity index is 0.804. The summed E-state index contributed by atoms with van der Waals surface area (Å²) < 4.78 is 12.2. The van der Waals surface area contributed by atoms with Crippen molar-refractivity contribution in [2.24, 2.45) is 16.7 Å². The van der Waals surface area contributed by atoms with Crippen molar-refractivity contribution in [2.45, 2.75) is 104 Å². The molecule has 3 N–H and O–H groups in total. The third-order valence-electron chi connectivity index (χ3n) is 14.3. The molecule has 1 aliphatic carbocycles. The van der Waals surface area contributed by atoms with Crippen LogP contribution in [0, 0.1) is 35.0 Å². The van der Waals surface area contributed by atoms with E-state index in [0.29, 0.717) is 34.1 Å². The first-order chi connectivity index (χ1) is 32.8. The van der Waals surface area contributed by atoms with Crippen LogP contribution in [0.5, 0.6) is 5.75 Å². The van der Waals surface area contributed by atoms with E-state index >= 15 is 0 Å². The van der Waals surface area contributed by atoms with Crippen LogP contribution in [0.15, 0.2) is 76.9 Å². The summed E-state index contributed by atoms with van der Waals surface area (Å²) in [5.41, 5.74) is 5.64. The number of aryl methyl sites for hydroxylation is 1. The van der Waals surface area contributed by atoms with Crippen molar-refractivity contribution in [3.05, 3.63) is 111 Å². The lowest BCUT2D eigenvalue weighted by atomic mass is 9.49. The second-order valence-electron chi connectivity index (χ2n) is 20.2. The minimum Gasteiger partial charge on any atom is -0.489 e. The minimum absolute atomic E-state index is 0.0634. The number of benzene rings is 2. The molecule has 2 aliphatic heterocycles. The van der Waals surface area contributed by atoms with E-state index in [1.165, 1.54) is 4.90 Å². The molecule has 4 atom stereocenters. The average molecular weight is 977 g/mol. The molecule has 1 saturated carbocycles. The van der Waals surface area contributed by atoms with Crippen LogP contribution in [0.1, 0.15) is 105 Å². The Kier molecular flexibility index (Phi) is 14.5. The molecule has 3 aliphatic rings. The number of rotatable bonds is 15. The number of hydrogen-bond donors (Lipinski definition) is 3. The summed E-state index contributed by atoms with van der Waals surface area (Å²) in [6.07, 6.45) is 1.39. The summed E-state index contributed by atoms with van der Waals surface area (Å²) in [5.74, 6) is 0.245. The second-order valence-corrected chi connectivity index (χ2v) is 21.5. The van der Waals surface area contributed by atoms with E-state index in [1.54, 1.807) is 35.7 Å². The van der Waals surface area contributed by atoms with Crippen molar-refractivity contribution in [3.8, 4) is 22.3 Å². The molecule has 3 aromatic heterocycles. The topological polar surface area (TPSA) is 190 Å². The number of thiazole rings is 1. The molecule has 2 aromatic carbocycles. The highest BCUT2D eigenvalue weighted by molar-refractivity contribution is 7.13. The highest BCUT2D eigenvalue weighted by atomic mass is 35.5. The maximum atomic E-state index is 14.3. The zero-order chi connectivity index (χ0) is 49.4. The van der Waals surface area contributed by atoms with E-state index in [9.17, 15) is 24.8 Å². The van der Waals surface area contributed by atoms with Gasteiger partial charge >= 0.3 is 0 Å². The van der Waals surface area contributed by atoms with Crippen LogP contribution >= 0.6 is 22.9 Å². The minimum atomic E-state index is -0.819. The number of likely N-dealkylation sites (tertiary alicyclic amines) is 1. The van der Waals surface area contributed by atoms with E-state index in [4.69, 9.17) is 20.9 Å². The summed E-state index contributed by atoms with van der Waals surface area (Å²) in [6.45, 7) is 20.0. The van der Waals surface area contributed by atoms with E-state index in [-0.39, 0.29) is 65.6 Å². The molecular weight excluding hydrogens is 914 g/mol. The van der Waals surface area contributed by atoms with Crippen LogP contribution in [0.4, 0.5) is 5.82 Å². The van der Waals surface area contributed by atoms with Crippen molar-refractivity contribution >= 4 is 46.5 Å². The first kappa shape index (κ1) is 49.6. The van der Waals surface area contributed by atoms with E-state index in [1.807, 2.05) is 75.7 Å². The molecule has 1 unspecified atom stereocenters. The van der Waals surface area contributed by atoms with E-state index in [2.05, 4.69) is 69.3 Å². The van der Waals surface area contributed by atoms with Crippen LogP contribution < -0.4 is 20.3 Å². The number of nitrogens with zero attached hydrogens (tertiary/aromatic N) is 7. The third kappa shape index (κ3) is 10.4. The summed E-state index contributed by atoms with van der Waals surface area (Å²) in [7, 11) is 0. The summed E-state index contributed by atoms with van der Waals surface area (Å²) >= 11 is 7.85. The highest BCUT2D eigenvalue weighted by Gasteiger charge is 2.64. The van der Waals surface area contributed by atoms with Crippen LogP contribution in [-0.2, 0) is 16.0 Å². The molecule has 0 spiro atoms. The standard InChI is InChI=1S/C52H62ClN9O6S/c1-30(2)44(48(66)62-28-38(63)24-41(62)47(65)57-31(3)33-9-11-34(12-10-33)45-32(4)56-29-69-45)42-23-37(59-68-42)17-18-60-19-21-61(22-20-60)43-16-14-36(27-55-43)46(64)58-49-51(5,6)50(52(49,7)8)67-39-15-13-35(26-54)40(53)25-39/h9-16,23,25,27,29-31,38,41,44,49-50,63H,17-22,24,28H2,1-8H3,(H,57,65)(H,58,64)/t31-,38+,41-,44?,49?,50?/m0/s1. The molecule has 5 heterocycles. The molecule has 15 nitrogen and oxygen atoms in total. The van der Waals surface area contributed by atoms with Gasteiger partial charge in [0.05, 0.1) is 50.1 Å². The quantitative estimate of drug-likeness (QED) is 0.0934. The van der Waals surface area contributed by atoms with Gasteiger partial charge in [0.1, 0.15) is 41.5 Å². The number of aliphatic hydroxyl groups is 1. The zero-order valence-corrected chi connectivity index (χ0v) is 42.1. The number of piperazine rings is 1. The fourth-order valence-corrected chi connectivity index (χ4v) is 11.7. The molecule has 5 aromatic rings. The van der Waals surface area contributed by atoms with Crippen molar-refractivity contribution in [1.29, 1.82) is 5.26 Å². The van der Waals surface area contributed by atoms with Crippen molar-refractivity contribution < 1.29 is 28.8 Å². The maximum absolute atomic E-state index is 14.3. The summed E-state index contributed by atoms with van der Waals surface area (Å²) in [5, 5.41) is 31.0. The molecule has 3 amide bonds. The number of carbonyl (C=O) groups excluding carboxylic acids is 3. The van der Waals surface area contributed by atoms with Crippen LogP contribution in [0.3, 0.4) is 0 Å². The van der Waals surface area contributed by atoms with Crippen molar-refractivity contribution in [2.75, 3.05) is 44.2 Å². The smallest absolute Gasteiger partial charge is 0.253 e. The number of pyridine rings is 1. The maximum Gasteiger partial charge on any atom is 0.253 e. The highest BCUT2D eigenvalue weighted by Crippen LogP contribution is 2.55.